The van der Waals surface area contributed by atoms with Gasteiger partial charge in [-0.2, -0.15) is 0 Å². The minimum atomic E-state index is -1.50. The first-order valence-corrected chi connectivity index (χ1v) is 13.4. The maximum absolute atomic E-state index is 2.55. The first-order valence-electron chi connectivity index (χ1n) is 9.33. The molecule has 0 bridgehead atoms. The quantitative estimate of drug-likeness (QED) is 0.550. The van der Waals surface area contributed by atoms with Crippen LogP contribution in [0.3, 0.4) is 0 Å². The minimum absolute atomic E-state index is 0.869. The van der Waals surface area contributed by atoms with E-state index in [1.54, 1.807) is 6.42 Å². The molecular formula is C21H29Zr. The Morgan fingerprint density at radius 3 is 2.68 bits per heavy atom. The van der Waals surface area contributed by atoms with Crippen molar-refractivity contribution < 1.29 is 21.8 Å². The van der Waals surface area contributed by atoms with E-state index in [1.807, 2.05) is 3.28 Å². The monoisotopic (exact) mass is 371 g/mol. The van der Waals surface area contributed by atoms with Gasteiger partial charge in [0, 0.05) is 0 Å². The Labute approximate surface area is 144 Å². The number of allylic oxidation sites excluding steroid dienone is 8. The Kier molecular flexibility index (Phi) is 4.46. The van der Waals surface area contributed by atoms with Gasteiger partial charge < -0.3 is 0 Å². The predicted molar refractivity (Wildman–Crippen MR) is 91.4 cm³/mol. The number of hydrogen-bond donors (Lipinski definition) is 0. The van der Waals surface area contributed by atoms with Gasteiger partial charge in [-0.25, -0.2) is 0 Å². The van der Waals surface area contributed by atoms with Gasteiger partial charge in [0.05, 0.1) is 0 Å². The standard InChI is InChI=1S/C13H17.C5H5.C3H7.Zr/c1-3-7-12-10(5-1)9-11-6-2-4-8-13(11)12;1-2-4-5-3-1;1-3-2;/h1,3,5-7,10-13H,2,4,8-9H2;1-3H,4H2;3H,1-2H3;. The molecule has 1 heteroatoms. The van der Waals surface area contributed by atoms with Crippen LogP contribution in [-0.2, 0) is 21.8 Å². The second-order valence-corrected chi connectivity index (χ2v) is 16.5. The fraction of sp³-hybridized carbons (Fsp3) is 0.619. The number of hydrogen-bond acceptors (Lipinski definition) is 0. The molecule has 5 unspecified atom stereocenters. The van der Waals surface area contributed by atoms with Gasteiger partial charge in [0.25, 0.3) is 0 Å². The van der Waals surface area contributed by atoms with Crippen LogP contribution in [0.1, 0.15) is 46.0 Å². The Bertz CT molecular complexity index is 536. The topological polar surface area (TPSA) is 0 Å². The Morgan fingerprint density at radius 1 is 1.05 bits per heavy atom. The molecule has 0 spiro atoms. The van der Waals surface area contributed by atoms with Crippen LogP contribution in [0.2, 0.25) is 7.25 Å². The molecule has 5 atom stereocenters. The number of fused-ring (bicyclic) bond motifs is 3. The summed E-state index contributed by atoms with van der Waals surface area (Å²) >= 11 is -1.50. The third-order valence-electron chi connectivity index (χ3n) is 6.62. The summed E-state index contributed by atoms with van der Waals surface area (Å²) in [6.07, 6.45) is 24.3. The van der Waals surface area contributed by atoms with Crippen molar-refractivity contribution >= 4 is 0 Å². The molecule has 0 amide bonds. The van der Waals surface area contributed by atoms with E-state index in [0.717, 1.165) is 30.9 Å². The van der Waals surface area contributed by atoms with Crippen LogP contribution in [0.5, 0.6) is 0 Å². The molecule has 22 heavy (non-hydrogen) atoms. The van der Waals surface area contributed by atoms with E-state index >= 15 is 0 Å². The van der Waals surface area contributed by atoms with Crippen molar-refractivity contribution in [2.24, 2.45) is 23.7 Å². The average molecular weight is 373 g/mol. The fourth-order valence-corrected chi connectivity index (χ4v) is 15.9. The third kappa shape index (κ3) is 2.62. The summed E-state index contributed by atoms with van der Waals surface area (Å²) in [4.78, 5) is 0. The van der Waals surface area contributed by atoms with Gasteiger partial charge in [-0.1, -0.05) is 0 Å². The SMILES string of the molecule is C[CH](C)[Zr]([C]1=CC=CC1)[CH]1CCCC2C3C=CC=CC3CC21. The molecule has 2 saturated carbocycles. The summed E-state index contributed by atoms with van der Waals surface area (Å²) in [5, 5.41) is 0. The van der Waals surface area contributed by atoms with E-state index in [1.165, 1.54) is 25.7 Å². The van der Waals surface area contributed by atoms with Crippen LogP contribution >= 0.6 is 0 Å². The van der Waals surface area contributed by atoms with Gasteiger partial charge in [0.1, 0.15) is 0 Å². The fourth-order valence-electron chi connectivity index (χ4n) is 5.88. The van der Waals surface area contributed by atoms with Crippen molar-refractivity contribution in [3.8, 4) is 0 Å². The molecule has 0 N–H and O–H groups in total. The van der Waals surface area contributed by atoms with Gasteiger partial charge in [-0.15, -0.1) is 0 Å². The third-order valence-corrected chi connectivity index (χ3v) is 16.1. The molecule has 0 aromatic carbocycles. The van der Waals surface area contributed by atoms with Crippen molar-refractivity contribution in [2.45, 2.75) is 53.2 Å². The first-order chi connectivity index (χ1) is 10.8. The molecule has 0 nitrogen and oxygen atoms in total. The van der Waals surface area contributed by atoms with E-state index < -0.39 is 21.8 Å². The zero-order valence-electron chi connectivity index (χ0n) is 14.0. The Hall–Kier alpha value is -0.157. The van der Waals surface area contributed by atoms with Crippen molar-refractivity contribution in [1.29, 1.82) is 0 Å². The molecule has 0 saturated heterocycles. The van der Waals surface area contributed by atoms with Crippen LogP contribution in [0.15, 0.2) is 45.8 Å². The summed E-state index contributed by atoms with van der Waals surface area (Å²) in [7, 11) is 0. The molecule has 4 rings (SSSR count). The molecule has 0 radical (unpaired) electrons. The summed E-state index contributed by atoms with van der Waals surface area (Å²) in [6, 6.07) is 0. The van der Waals surface area contributed by atoms with Crippen LogP contribution in [-0.4, -0.2) is 0 Å². The van der Waals surface area contributed by atoms with E-state index in [-0.39, 0.29) is 0 Å². The average Bonchev–Trinajstić information content (AvgIpc) is 3.15. The molecule has 0 aliphatic heterocycles. The van der Waals surface area contributed by atoms with Crippen molar-refractivity contribution in [1.82, 2.24) is 0 Å². The first kappa shape index (κ1) is 15.4. The van der Waals surface area contributed by atoms with Crippen LogP contribution in [0.25, 0.3) is 0 Å². The van der Waals surface area contributed by atoms with Gasteiger partial charge in [0.15, 0.2) is 0 Å². The molecular weight excluding hydrogens is 343 g/mol. The summed E-state index contributed by atoms with van der Waals surface area (Å²) in [5.74, 6) is 3.81. The van der Waals surface area contributed by atoms with Gasteiger partial charge in [-0.05, 0) is 0 Å². The van der Waals surface area contributed by atoms with Gasteiger partial charge >= 0.3 is 144 Å². The summed E-state index contributed by atoms with van der Waals surface area (Å²) < 4.78 is 4.02. The molecule has 117 valence electrons. The summed E-state index contributed by atoms with van der Waals surface area (Å²) in [6.45, 7) is 5.08. The molecule has 4 aliphatic carbocycles. The van der Waals surface area contributed by atoms with E-state index in [0.29, 0.717) is 0 Å². The summed E-state index contributed by atoms with van der Waals surface area (Å²) in [5.41, 5.74) is 0. The predicted octanol–water partition coefficient (Wildman–Crippen LogP) is 6.24. The van der Waals surface area contributed by atoms with Crippen LogP contribution < -0.4 is 0 Å². The van der Waals surface area contributed by atoms with Crippen molar-refractivity contribution in [2.75, 3.05) is 0 Å². The molecule has 2 fully saturated rings. The Morgan fingerprint density at radius 2 is 1.91 bits per heavy atom. The van der Waals surface area contributed by atoms with Crippen molar-refractivity contribution in [3.63, 3.8) is 0 Å². The van der Waals surface area contributed by atoms with E-state index in [2.05, 4.69) is 56.4 Å². The second kappa shape index (κ2) is 6.39. The Balaban J connectivity index is 1.61. The van der Waals surface area contributed by atoms with Gasteiger partial charge in [0.2, 0.25) is 0 Å². The van der Waals surface area contributed by atoms with Crippen LogP contribution in [0.4, 0.5) is 0 Å². The number of rotatable bonds is 3. The molecule has 0 aromatic heterocycles. The maximum atomic E-state index is 2.55. The second-order valence-electron chi connectivity index (χ2n) is 8.05. The molecule has 0 aromatic rings. The normalized spacial score (nSPS) is 39.0. The van der Waals surface area contributed by atoms with E-state index in [4.69, 9.17) is 0 Å². The zero-order chi connectivity index (χ0) is 15.1. The zero-order valence-corrected chi connectivity index (χ0v) is 16.5. The van der Waals surface area contributed by atoms with Gasteiger partial charge in [-0.3, -0.25) is 0 Å². The van der Waals surface area contributed by atoms with E-state index in [9.17, 15) is 0 Å². The molecule has 4 aliphatic rings. The van der Waals surface area contributed by atoms with Crippen LogP contribution in [0, 0.1) is 23.7 Å². The molecule has 0 heterocycles. The van der Waals surface area contributed by atoms with Crippen molar-refractivity contribution in [3.05, 3.63) is 45.8 Å².